The minimum atomic E-state index is -0.749. The topological polar surface area (TPSA) is 77.5 Å². The van der Waals surface area contributed by atoms with Crippen molar-refractivity contribution in [3.8, 4) is 17.0 Å². The molecule has 0 saturated heterocycles. The van der Waals surface area contributed by atoms with Gasteiger partial charge in [0.25, 0.3) is 0 Å². The van der Waals surface area contributed by atoms with Crippen LogP contribution in [0.3, 0.4) is 0 Å². The number of rotatable bonds is 7. The highest BCUT2D eigenvalue weighted by atomic mass is 35.5. The SMILES string of the molecule is COc1ccc(-c2ccc(C[C@H](NC(=O)OC(C)(C)C)C(=O)CCl)cc2)cn1. The molecular formula is C21H25ClN2O4. The van der Waals surface area contributed by atoms with E-state index in [-0.39, 0.29) is 11.7 Å². The van der Waals surface area contributed by atoms with E-state index < -0.39 is 17.7 Å². The Morgan fingerprint density at radius 1 is 1.11 bits per heavy atom. The van der Waals surface area contributed by atoms with Crippen molar-refractivity contribution < 1.29 is 19.1 Å². The number of alkyl carbamates (subject to hydrolysis) is 1. The Labute approximate surface area is 170 Å². The molecule has 6 nitrogen and oxygen atoms in total. The molecule has 0 aliphatic rings. The molecule has 0 unspecified atom stereocenters. The van der Waals surface area contributed by atoms with Crippen molar-refractivity contribution in [2.45, 2.75) is 38.8 Å². The maximum Gasteiger partial charge on any atom is 0.408 e. The standard InChI is InChI=1S/C21H25ClN2O4/c1-21(2,3)28-20(26)24-17(18(25)12-22)11-14-5-7-15(8-6-14)16-9-10-19(27-4)23-13-16/h5-10,13,17H,11-12H2,1-4H3,(H,24,26)/t17-/m0/s1. The van der Waals surface area contributed by atoms with Gasteiger partial charge in [-0.15, -0.1) is 11.6 Å². The maximum absolute atomic E-state index is 12.1. The molecule has 0 spiro atoms. The number of benzene rings is 1. The highest BCUT2D eigenvalue weighted by Crippen LogP contribution is 2.21. The number of ketones is 1. The molecule has 0 saturated carbocycles. The van der Waals surface area contributed by atoms with E-state index in [9.17, 15) is 9.59 Å². The van der Waals surface area contributed by atoms with E-state index in [2.05, 4.69) is 10.3 Å². The van der Waals surface area contributed by atoms with Gasteiger partial charge in [-0.1, -0.05) is 24.3 Å². The zero-order valence-electron chi connectivity index (χ0n) is 16.5. The van der Waals surface area contributed by atoms with Crippen LogP contribution in [0.1, 0.15) is 26.3 Å². The first-order valence-corrected chi connectivity index (χ1v) is 9.43. The third kappa shape index (κ3) is 6.53. The molecule has 1 aromatic carbocycles. The van der Waals surface area contributed by atoms with E-state index in [1.807, 2.05) is 30.3 Å². The maximum atomic E-state index is 12.1. The van der Waals surface area contributed by atoms with Gasteiger partial charge in [-0.3, -0.25) is 4.79 Å². The molecule has 2 rings (SSSR count). The summed E-state index contributed by atoms with van der Waals surface area (Å²) in [5, 5.41) is 2.61. The first-order valence-electron chi connectivity index (χ1n) is 8.89. The van der Waals surface area contributed by atoms with Gasteiger partial charge >= 0.3 is 6.09 Å². The second kappa shape index (κ2) is 9.55. The number of methoxy groups -OCH3 is 1. The Morgan fingerprint density at radius 3 is 2.25 bits per heavy atom. The zero-order chi connectivity index (χ0) is 20.7. The Kier molecular flexibility index (Phi) is 7.40. The summed E-state index contributed by atoms with van der Waals surface area (Å²) >= 11 is 5.70. The van der Waals surface area contributed by atoms with Gasteiger partial charge in [-0.2, -0.15) is 0 Å². The van der Waals surface area contributed by atoms with E-state index in [1.54, 1.807) is 40.1 Å². The van der Waals surface area contributed by atoms with Gasteiger partial charge in [0.2, 0.25) is 5.88 Å². The average Bonchev–Trinajstić information content (AvgIpc) is 2.66. The van der Waals surface area contributed by atoms with Crippen LogP contribution in [0.2, 0.25) is 0 Å². The van der Waals surface area contributed by atoms with E-state index in [4.69, 9.17) is 21.1 Å². The quantitative estimate of drug-likeness (QED) is 0.705. The van der Waals surface area contributed by atoms with Crippen molar-refractivity contribution in [1.82, 2.24) is 10.3 Å². The smallest absolute Gasteiger partial charge is 0.408 e. The molecule has 7 heteroatoms. The lowest BCUT2D eigenvalue weighted by Gasteiger charge is -2.23. The molecule has 0 aliphatic heterocycles. The number of carbonyl (C=O) groups excluding carboxylic acids is 2. The number of alkyl halides is 1. The Balaban J connectivity index is 2.09. The monoisotopic (exact) mass is 404 g/mol. The zero-order valence-corrected chi connectivity index (χ0v) is 17.2. The summed E-state index contributed by atoms with van der Waals surface area (Å²) in [6.07, 6.45) is 1.42. The minimum absolute atomic E-state index is 0.184. The lowest BCUT2D eigenvalue weighted by Crippen LogP contribution is -2.45. The number of pyridine rings is 1. The second-order valence-corrected chi connectivity index (χ2v) is 7.56. The van der Waals surface area contributed by atoms with Gasteiger partial charge in [0.05, 0.1) is 19.0 Å². The van der Waals surface area contributed by atoms with Crippen LogP contribution < -0.4 is 10.1 Å². The van der Waals surface area contributed by atoms with E-state index in [0.717, 1.165) is 16.7 Å². The number of nitrogens with one attached hydrogen (secondary N) is 1. The van der Waals surface area contributed by atoms with Crippen molar-refractivity contribution in [3.63, 3.8) is 0 Å². The van der Waals surface area contributed by atoms with Crippen LogP contribution in [0.5, 0.6) is 5.88 Å². The third-order valence-corrected chi connectivity index (χ3v) is 4.15. The van der Waals surface area contributed by atoms with Gasteiger partial charge in [0.15, 0.2) is 5.78 Å². The summed E-state index contributed by atoms with van der Waals surface area (Å²) in [4.78, 5) is 28.4. The van der Waals surface area contributed by atoms with Crippen LogP contribution >= 0.6 is 11.6 Å². The van der Waals surface area contributed by atoms with Crippen molar-refractivity contribution in [2.24, 2.45) is 0 Å². The predicted octanol–water partition coefficient (Wildman–Crippen LogP) is 4.00. The van der Waals surface area contributed by atoms with Crippen LogP contribution in [0.25, 0.3) is 11.1 Å². The van der Waals surface area contributed by atoms with Gasteiger partial charge < -0.3 is 14.8 Å². The highest BCUT2D eigenvalue weighted by Gasteiger charge is 2.24. The summed E-state index contributed by atoms with van der Waals surface area (Å²) in [7, 11) is 1.57. The van der Waals surface area contributed by atoms with Gasteiger partial charge in [-0.05, 0) is 44.4 Å². The van der Waals surface area contributed by atoms with E-state index >= 15 is 0 Å². The highest BCUT2D eigenvalue weighted by molar-refractivity contribution is 6.28. The average molecular weight is 405 g/mol. The third-order valence-electron chi connectivity index (χ3n) is 3.88. The second-order valence-electron chi connectivity index (χ2n) is 7.29. The first-order chi connectivity index (χ1) is 13.2. The fourth-order valence-corrected chi connectivity index (χ4v) is 2.72. The van der Waals surface area contributed by atoms with E-state index in [0.29, 0.717) is 12.3 Å². The number of hydrogen-bond donors (Lipinski definition) is 1. The van der Waals surface area contributed by atoms with Crippen molar-refractivity contribution in [3.05, 3.63) is 48.2 Å². The van der Waals surface area contributed by atoms with Gasteiger partial charge in [-0.25, -0.2) is 9.78 Å². The largest absolute Gasteiger partial charge is 0.481 e. The fraction of sp³-hybridized carbons (Fsp3) is 0.381. The fourth-order valence-electron chi connectivity index (χ4n) is 2.53. The Morgan fingerprint density at radius 2 is 1.75 bits per heavy atom. The van der Waals surface area contributed by atoms with Crippen molar-refractivity contribution in [1.29, 1.82) is 0 Å². The van der Waals surface area contributed by atoms with Crippen LogP contribution in [0.15, 0.2) is 42.6 Å². The normalized spacial score (nSPS) is 12.2. The number of hydrogen-bond acceptors (Lipinski definition) is 5. The molecule has 28 heavy (non-hydrogen) atoms. The molecule has 1 amide bonds. The molecule has 1 heterocycles. The molecule has 0 aliphatic carbocycles. The summed E-state index contributed by atoms with van der Waals surface area (Å²) in [6.45, 7) is 5.28. The minimum Gasteiger partial charge on any atom is -0.481 e. The molecule has 0 bridgehead atoms. The summed E-state index contributed by atoms with van der Waals surface area (Å²) in [5.41, 5.74) is 2.18. The van der Waals surface area contributed by atoms with Crippen LogP contribution in [0.4, 0.5) is 4.79 Å². The lowest BCUT2D eigenvalue weighted by molar-refractivity contribution is -0.118. The van der Waals surface area contributed by atoms with E-state index in [1.165, 1.54) is 0 Å². The molecule has 150 valence electrons. The van der Waals surface area contributed by atoms with Crippen LogP contribution in [-0.4, -0.2) is 41.5 Å². The number of Topliss-reactive ketones (excluding diaryl/α,β-unsaturated/α-hetero) is 1. The number of ether oxygens (including phenoxy) is 2. The Hall–Kier alpha value is -2.60. The van der Waals surface area contributed by atoms with Gasteiger partial charge in [0, 0.05) is 17.8 Å². The first kappa shape index (κ1) is 21.7. The van der Waals surface area contributed by atoms with Crippen molar-refractivity contribution in [2.75, 3.05) is 13.0 Å². The number of amides is 1. The van der Waals surface area contributed by atoms with Gasteiger partial charge in [0.1, 0.15) is 5.60 Å². The molecule has 1 aromatic heterocycles. The molecule has 0 fully saturated rings. The lowest BCUT2D eigenvalue weighted by atomic mass is 10.00. The van der Waals surface area contributed by atoms with Crippen LogP contribution in [0, 0.1) is 0 Å². The number of carbonyl (C=O) groups is 2. The summed E-state index contributed by atoms with van der Waals surface area (Å²) in [5.74, 6) is 0.0998. The summed E-state index contributed by atoms with van der Waals surface area (Å²) in [6, 6.07) is 10.7. The molecular weight excluding hydrogens is 380 g/mol. The summed E-state index contributed by atoms with van der Waals surface area (Å²) < 4.78 is 10.3. The number of nitrogens with zero attached hydrogens (tertiary/aromatic N) is 1. The molecule has 0 radical (unpaired) electrons. The van der Waals surface area contributed by atoms with Crippen LogP contribution in [-0.2, 0) is 16.0 Å². The molecule has 1 N–H and O–H groups in total. The Bertz CT molecular complexity index is 799. The molecule has 2 aromatic rings. The molecule has 1 atom stereocenters. The number of halogens is 1. The predicted molar refractivity (Wildman–Crippen MR) is 109 cm³/mol. The number of aromatic nitrogens is 1. The van der Waals surface area contributed by atoms with Crippen molar-refractivity contribution >= 4 is 23.5 Å².